The Bertz CT molecular complexity index is 1120. The van der Waals surface area contributed by atoms with Crippen molar-refractivity contribution in [3.05, 3.63) is 90.0 Å². The standard InChI is InChI=1S/C26H24N2O5/c29-24(28(16-25(30)31)18-8-2-1-3-9-18)14-15-27-26(32)33-17-23-21-12-6-4-10-19(21)20-11-5-7-13-22(20)23/h1-13,23H,14-17H2,(H,27,32)(H,30,31). The number of nitrogens with one attached hydrogen (secondary N) is 1. The number of rotatable bonds is 8. The van der Waals surface area contributed by atoms with E-state index in [0.29, 0.717) is 5.69 Å². The van der Waals surface area contributed by atoms with E-state index < -0.39 is 24.5 Å². The number of carboxylic acid groups (broad SMARTS) is 1. The first-order valence-corrected chi connectivity index (χ1v) is 10.7. The van der Waals surface area contributed by atoms with Crippen LogP contribution in [0.3, 0.4) is 0 Å². The van der Waals surface area contributed by atoms with Crippen molar-refractivity contribution in [3.8, 4) is 11.1 Å². The molecule has 0 aliphatic heterocycles. The third-order valence-electron chi connectivity index (χ3n) is 5.61. The van der Waals surface area contributed by atoms with E-state index in [1.807, 2.05) is 36.4 Å². The zero-order valence-corrected chi connectivity index (χ0v) is 17.9. The van der Waals surface area contributed by atoms with E-state index in [4.69, 9.17) is 9.84 Å². The molecule has 2 N–H and O–H groups in total. The molecule has 3 aromatic rings. The van der Waals surface area contributed by atoms with Crippen LogP contribution in [0.2, 0.25) is 0 Å². The molecule has 0 atom stereocenters. The summed E-state index contributed by atoms with van der Waals surface area (Å²) in [6.07, 6.45) is -0.666. The summed E-state index contributed by atoms with van der Waals surface area (Å²) in [5.41, 5.74) is 5.02. The summed E-state index contributed by atoms with van der Waals surface area (Å²) in [6.45, 7) is -0.227. The molecule has 2 amide bonds. The van der Waals surface area contributed by atoms with Gasteiger partial charge in [-0.1, -0.05) is 66.7 Å². The molecule has 0 heterocycles. The fourth-order valence-electron chi connectivity index (χ4n) is 4.12. The average Bonchev–Trinajstić information content (AvgIpc) is 3.15. The number of amides is 2. The number of para-hydroxylation sites is 1. The first kappa shape index (κ1) is 22.1. The summed E-state index contributed by atoms with van der Waals surface area (Å²) in [5.74, 6) is -1.56. The Labute approximate surface area is 191 Å². The lowest BCUT2D eigenvalue weighted by Gasteiger charge is -2.21. The first-order chi connectivity index (χ1) is 16.0. The molecule has 0 bridgehead atoms. The minimum absolute atomic E-state index is 0.0401. The molecule has 0 aromatic heterocycles. The van der Waals surface area contributed by atoms with Crippen molar-refractivity contribution in [2.45, 2.75) is 12.3 Å². The maximum Gasteiger partial charge on any atom is 0.407 e. The molecule has 0 unspecified atom stereocenters. The molecule has 0 saturated carbocycles. The van der Waals surface area contributed by atoms with Gasteiger partial charge in [0.15, 0.2) is 0 Å². The van der Waals surface area contributed by atoms with Crippen LogP contribution in [0.15, 0.2) is 78.9 Å². The topological polar surface area (TPSA) is 95.9 Å². The number of alkyl carbamates (subject to hydrolysis) is 1. The molecule has 0 radical (unpaired) electrons. The predicted octanol–water partition coefficient (Wildman–Crippen LogP) is 4.03. The summed E-state index contributed by atoms with van der Waals surface area (Å²) in [6, 6.07) is 24.7. The predicted molar refractivity (Wildman–Crippen MR) is 124 cm³/mol. The van der Waals surface area contributed by atoms with Gasteiger partial charge < -0.3 is 20.1 Å². The highest BCUT2D eigenvalue weighted by molar-refractivity contribution is 5.97. The van der Waals surface area contributed by atoms with Crippen molar-refractivity contribution in [3.63, 3.8) is 0 Å². The quantitative estimate of drug-likeness (QED) is 0.547. The Morgan fingerprint density at radius 1 is 0.848 bits per heavy atom. The molecule has 4 rings (SSSR count). The van der Waals surface area contributed by atoms with Crippen LogP contribution in [-0.2, 0) is 14.3 Å². The summed E-state index contributed by atoms with van der Waals surface area (Å²) < 4.78 is 5.46. The van der Waals surface area contributed by atoms with Gasteiger partial charge in [-0.05, 0) is 34.4 Å². The summed E-state index contributed by atoms with van der Waals surface area (Å²) in [7, 11) is 0. The van der Waals surface area contributed by atoms with Crippen LogP contribution >= 0.6 is 0 Å². The minimum Gasteiger partial charge on any atom is -0.480 e. The van der Waals surface area contributed by atoms with Gasteiger partial charge in [-0.3, -0.25) is 9.59 Å². The second kappa shape index (κ2) is 9.99. The van der Waals surface area contributed by atoms with Crippen LogP contribution in [0.4, 0.5) is 10.5 Å². The number of fused-ring (bicyclic) bond motifs is 3. The summed E-state index contributed by atoms with van der Waals surface area (Å²) in [4.78, 5) is 37.2. The van der Waals surface area contributed by atoms with E-state index >= 15 is 0 Å². The van der Waals surface area contributed by atoms with Gasteiger partial charge in [-0.25, -0.2) is 4.79 Å². The molecule has 168 valence electrons. The van der Waals surface area contributed by atoms with Crippen molar-refractivity contribution < 1.29 is 24.2 Å². The molecule has 0 spiro atoms. The van der Waals surface area contributed by atoms with Gasteiger partial charge in [-0.15, -0.1) is 0 Å². The lowest BCUT2D eigenvalue weighted by atomic mass is 9.98. The number of anilines is 1. The van der Waals surface area contributed by atoms with Crippen molar-refractivity contribution in [1.82, 2.24) is 5.32 Å². The molecule has 1 aliphatic carbocycles. The Hall–Kier alpha value is -4.13. The summed E-state index contributed by atoms with van der Waals surface area (Å²) >= 11 is 0. The molecule has 7 heteroatoms. The molecule has 0 saturated heterocycles. The van der Waals surface area contributed by atoms with Crippen LogP contribution in [0.5, 0.6) is 0 Å². The third-order valence-corrected chi connectivity index (χ3v) is 5.61. The van der Waals surface area contributed by atoms with Crippen LogP contribution in [0.1, 0.15) is 23.5 Å². The molecule has 0 fully saturated rings. The number of carbonyl (C=O) groups excluding carboxylic acids is 2. The zero-order chi connectivity index (χ0) is 23.2. The van der Waals surface area contributed by atoms with Gasteiger partial charge in [0, 0.05) is 24.6 Å². The average molecular weight is 444 g/mol. The van der Waals surface area contributed by atoms with Crippen molar-refractivity contribution in [2.24, 2.45) is 0 Å². The van der Waals surface area contributed by atoms with Gasteiger partial charge in [-0.2, -0.15) is 0 Å². The number of benzene rings is 3. The van der Waals surface area contributed by atoms with E-state index in [2.05, 4.69) is 17.4 Å². The smallest absolute Gasteiger partial charge is 0.407 e. The van der Waals surface area contributed by atoms with Crippen molar-refractivity contribution >= 4 is 23.7 Å². The Balaban J connectivity index is 1.31. The number of carboxylic acids is 1. The number of ether oxygens (including phenoxy) is 1. The number of hydrogen-bond donors (Lipinski definition) is 2. The van der Waals surface area contributed by atoms with Gasteiger partial charge in [0.1, 0.15) is 13.2 Å². The van der Waals surface area contributed by atoms with E-state index in [1.54, 1.807) is 30.3 Å². The lowest BCUT2D eigenvalue weighted by Crippen LogP contribution is -2.38. The van der Waals surface area contributed by atoms with E-state index in [-0.39, 0.29) is 25.5 Å². The van der Waals surface area contributed by atoms with Crippen LogP contribution in [-0.4, -0.2) is 42.8 Å². The Kier molecular flexibility index (Phi) is 6.69. The lowest BCUT2D eigenvalue weighted by molar-refractivity contribution is -0.136. The maximum absolute atomic E-state index is 12.6. The van der Waals surface area contributed by atoms with Crippen molar-refractivity contribution in [1.29, 1.82) is 0 Å². The number of aliphatic carboxylic acids is 1. The van der Waals surface area contributed by atoms with Gasteiger partial charge in [0.25, 0.3) is 0 Å². The monoisotopic (exact) mass is 444 g/mol. The Morgan fingerprint density at radius 3 is 2.03 bits per heavy atom. The third kappa shape index (κ3) is 5.03. The highest BCUT2D eigenvalue weighted by atomic mass is 16.5. The van der Waals surface area contributed by atoms with E-state index in [1.165, 1.54) is 4.90 Å². The molecule has 33 heavy (non-hydrogen) atoms. The fourth-order valence-corrected chi connectivity index (χ4v) is 4.12. The second-order valence-corrected chi connectivity index (χ2v) is 7.71. The van der Waals surface area contributed by atoms with E-state index in [0.717, 1.165) is 22.3 Å². The second-order valence-electron chi connectivity index (χ2n) is 7.71. The zero-order valence-electron chi connectivity index (χ0n) is 17.9. The van der Waals surface area contributed by atoms with Crippen LogP contribution < -0.4 is 10.2 Å². The van der Waals surface area contributed by atoms with Gasteiger partial charge in [0.05, 0.1) is 0 Å². The van der Waals surface area contributed by atoms with E-state index in [9.17, 15) is 14.4 Å². The highest BCUT2D eigenvalue weighted by Crippen LogP contribution is 2.44. The normalized spacial score (nSPS) is 11.9. The number of nitrogens with zero attached hydrogens (tertiary/aromatic N) is 1. The van der Waals surface area contributed by atoms with Crippen LogP contribution in [0.25, 0.3) is 11.1 Å². The molecular weight excluding hydrogens is 420 g/mol. The molecule has 7 nitrogen and oxygen atoms in total. The first-order valence-electron chi connectivity index (χ1n) is 10.7. The van der Waals surface area contributed by atoms with Gasteiger partial charge in [0.2, 0.25) is 5.91 Å². The van der Waals surface area contributed by atoms with Crippen molar-refractivity contribution in [2.75, 3.05) is 24.6 Å². The molecular formula is C26H24N2O5. The molecule has 1 aliphatic rings. The maximum atomic E-state index is 12.6. The highest BCUT2D eigenvalue weighted by Gasteiger charge is 2.29. The largest absolute Gasteiger partial charge is 0.480 e. The SMILES string of the molecule is O=C(O)CN(C(=O)CCNC(=O)OCC1c2ccccc2-c2ccccc21)c1ccccc1. The van der Waals surface area contributed by atoms with Crippen LogP contribution in [0, 0.1) is 0 Å². The summed E-state index contributed by atoms with van der Waals surface area (Å²) in [5, 5.41) is 11.7. The number of hydrogen-bond acceptors (Lipinski definition) is 4. The fraction of sp³-hybridized carbons (Fsp3) is 0.192. The minimum atomic E-state index is -1.11. The number of carbonyl (C=O) groups is 3. The molecule has 3 aromatic carbocycles. The Morgan fingerprint density at radius 2 is 1.42 bits per heavy atom. The van der Waals surface area contributed by atoms with Gasteiger partial charge >= 0.3 is 12.1 Å².